The number of amides is 1. The lowest BCUT2D eigenvalue weighted by Gasteiger charge is -2.08. The Morgan fingerprint density at radius 3 is 2.95 bits per heavy atom. The Morgan fingerprint density at radius 2 is 2.29 bits per heavy atom. The fourth-order valence-electron chi connectivity index (χ4n) is 1.83. The molecular weight excluding hydrogens is 270 g/mol. The number of tetrazole rings is 1. The van der Waals surface area contributed by atoms with Gasteiger partial charge in [-0.1, -0.05) is 16.8 Å². The largest absolute Gasteiger partial charge is 0.496 e. The Bertz CT molecular complexity index is 637. The molecule has 0 spiro atoms. The van der Waals surface area contributed by atoms with Gasteiger partial charge in [0.1, 0.15) is 5.75 Å². The van der Waals surface area contributed by atoms with E-state index in [9.17, 15) is 4.79 Å². The zero-order chi connectivity index (χ0) is 15.2. The van der Waals surface area contributed by atoms with Gasteiger partial charge in [0, 0.05) is 11.6 Å². The molecule has 0 saturated heterocycles. The Hall–Kier alpha value is -2.70. The van der Waals surface area contributed by atoms with Crippen LogP contribution >= 0.6 is 0 Å². The molecule has 1 heterocycles. The highest BCUT2D eigenvalue weighted by Gasteiger charge is 2.11. The van der Waals surface area contributed by atoms with Gasteiger partial charge in [0.25, 0.3) is 0 Å². The SMILES string of the molecule is COc1ccc(C)cc1C=CC(=O)NC(C)c1nn[nH]n1. The third kappa shape index (κ3) is 3.88. The van der Waals surface area contributed by atoms with Crippen LogP contribution in [-0.2, 0) is 4.79 Å². The number of methoxy groups -OCH3 is 1. The number of nitrogens with zero attached hydrogens (tertiary/aromatic N) is 3. The number of carbonyl (C=O) groups excluding carboxylic acids is 1. The molecule has 0 bridgehead atoms. The monoisotopic (exact) mass is 287 g/mol. The molecule has 1 unspecified atom stereocenters. The van der Waals surface area contributed by atoms with Crippen LogP contribution in [0.5, 0.6) is 5.75 Å². The number of aromatic nitrogens is 4. The standard InChI is InChI=1S/C14H17N5O2/c1-9-4-6-12(21-3)11(8-9)5-7-13(20)15-10(2)14-16-18-19-17-14/h4-8,10H,1-3H3,(H,15,20)(H,16,17,18,19). The maximum absolute atomic E-state index is 11.9. The number of aromatic amines is 1. The summed E-state index contributed by atoms with van der Waals surface area (Å²) in [7, 11) is 1.60. The number of ether oxygens (including phenoxy) is 1. The zero-order valence-electron chi connectivity index (χ0n) is 12.1. The number of nitrogens with one attached hydrogen (secondary N) is 2. The van der Waals surface area contributed by atoms with Crippen LogP contribution in [0.1, 0.15) is 29.9 Å². The van der Waals surface area contributed by atoms with Crippen LogP contribution in [0.25, 0.3) is 6.08 Å². The average molecular weight is 287 g/mol. The van der Waals surface area contributed by atoms with Crippen LogP contribution < -0.4 is 10.1 Å². The summed E-state index contributed by atoms with van der Waals surface area (Å²) in [5.41, 5.74) is 1.94. The van der Waals surface area contributed by atoms with Crippen LogP contribution in [0.2, 0.25) is 0 Å². The van der Waals surface area contributed by atoms with Crippen molar-refractivity contribution in [2.24, 2.45) is 0 Å². The third-order valence-corrected chi connectivity index (χ3v) is 2.91. The van der Waals surface area contributed by atoms with E-state index in [1.54, 1.807) is 20.1 Å². The summed E-state index contributed by atoms with van der Waals surface area (Å²) in [6.45, 7) is 3.76. The van der Waals surface area contributed by atoms with Crippen molar-refractivity contribution in [3.05, 3.63) is 41.2 Å². The van der Waals surface area contributed by atoms with Crippen LogP contribution in [0.15, 0.2) is 24.3 Å². The third-order valence-electron chi connectivity index (χ3n) is 2.91. The summed E-state index contributed by atoms with van der Waals surface area (Å²) in [6.07, 6.45) is 3.16. The lowest BCUT2D eigenvalue weighted by atomic mass is 10.1. The number of carbonyl (C=O) groups is 1. The van der Waals surface area contributed by atoms with Crippen molar-refractivity contribution in [1.82, 2.24) is 25.9 Å². The summed E-state index contributed by atoms with van der Waals surface area (Å²) in [4.78, 5) is 11.9. The first-order valence-corrected chi connectivity index (χ1v) is 6.46. The number of rotatable bonds is 5. The normalized spacial score (nSPS) is 12.3. The summed E-state index contributed by atoms with van der Waals surface area (Å²) < 4.78 is 5.26. The molecule has 1 atom stereocenters. The molecule has 1 amide bonds. The minimum absolute atomic E-state index is 0.240. The second-order valence-corrected chi connectivity index (χ2v) is 4.58. The maximum Gasteiger partial charge on any atom is 0.244 e. The lowest BCUT2D eigenvalue weighted by Crippen LogP contribution is -2.25. The molecule has 7 heteroatoms. The van der Waals surface area contributed by atoms with Crippen LogP contribution in [-0.4, -0.2) is 33.6 Å². The van der Waals surface area contributed by atoms with Gasteiger partial charge in [-0.15, -0.1) is 10.2 Å². The van der Waals surface area contributed by atoms with E-state index < -0.39 is 0 Å². The van der Waals surface area contributed by atoms with E-state index in [1.807, 2.05) is 25.1 Å². The van der Waals surface area contributed by atoms with Crippen molar-refractivity contribution in [1.29, 1.82) is 0 Å². The average Bonchev–Trinajstić information content (AvgIpc) is 2.99. The van der Waals surface area contributed by atoms with Crippen molar-refractivity contribution in [2.75, 3.05) is 7.11 Å². The van der Waals surface area contributed by atoms with Crippen molar-refractivity contribution >= 4 is 12.0 Å². The fourth-order valence-corrected chi connectivity index (χ4v) is 1.83. The molecular formula is C14H17N5O2. The number of hydrogen-bond acceptors (Lipinski definition) is 5. The highest BCUT2D eigenvalue weighted by Crippen LogP contribution is 2.20. The van der Waals surface area contributed by atoms with E-state index in [-0.39, 0.29) is 11.9 Å². The zero-order valence-corrected chi connectivity index (χ0v) is 12.1. The molecule has 2 aromatic rings. The van der Waals surface area contributed by atoms with Gasteiger partial charge in [-0.3, -0.25) is 4.79 Å². The van der Waals surface area contributed by atoms with Gasteiger partial charge in [0.05, 0.1) is 13.2 Å². The van der Waals surface area contributed by atoms with Crippen molar-refractivity contribution in [3.63, 3.8) is 0 Å². The molecule has 0 saturated carbocycles. The molecule has 0 aliphatic carbocycles. The Morgan fingerprint density at radius 1 is 1.48 bits per heavy atom. The summed E-state index contributed by atoms with van der Waals surface area (Å²) in [6, 6.07) is 5.45. The molecule has 1 aromatic heterocycles. The minimum Gasteiger partial charge on any atom is -0.496 e. The Labute approximate surface area is 122 Å². The predicted molar refractivity (Wildman–Crippen MR) is 77.5 cm³/mol. The highest BCUT2D eigenvalue weighted by molar-refractivity contribution is 5.92. The summed E-state index contributed by atoms with van der Waals surface area (Å²) in [5.74, 6) is 0.914. The summed E-state index contributed by atoms with van der Waals surface area (Å²) in [5, 5.41) is 16.2. The van der Waals surface area contributed by atoms with Gasteiger partial charge in [0.15, 0.2) is 5.82 Å². The first-order chi connectivity index (χ1) is 10.1. The molecule has 2 N–H and O–H groups in total. The van der Waals surface area contributed by atoms with Crippen molar-refractivity contribution < 1.29 is 9.53 Å². The smallest absolute Gasteiger partial charge is 0.244 e. The molecule has 2 rings (SSSR count). The van der Waals surface area contributed by atoms with E-state index in [4.69, 9.17) is 4.74 Å². The number of hydrogen-bond donors (Lipinski definition) is 2. The van der Waals surface area contributed by atoms with Gasteiger partial charge in [0.2, 0.25) is 5.91 Å². The van der Waals surface area contributed by atoms with Crippen LogP contribution in [0, 0.1) is 6.92 Å². The van der Waals surface area contributed by atoms with Gasteiger partial charge in [-0.2, -0.15) is 5.21 Å². The second-order valence-electron chi connectivity index (χ2n) is 4.58. The fraction of sp³-hybridized carbons (Fsp3) is 0.286. The molecule has 110 valence electrons. The molecule has 0 fully saturated rings. The van der Waals surface area contributed by atoms with E-state index in [0.29, 0.717) is 5.82 Å². The predicted octanol–water partition coefficient (Wildman–Crippen LogP) is 1.41. The van der Waals surface area contributed by atoms with Gasteiger partial charge in [-0.25, -0.2) is 0 Å². The van der Waals surface area contributed by atoms with Crippen LogP contribution in [0.4, 0.5) is 0 Å². The van der Waals surface area contributed by atoms with E-state index in [0.717, 1.165) is 16.9 Å². The molecule has 0 aliphatic rings. The minimum atomic E-state index is -0.319. The van der Waals surface area contributed by atoms with Gasteiger partial charge < -0.3 is 10.1 Å². The molecule has 0 radical (unpaired) electrons. The first-order valence-electron chi connectivity index (χ1n) is 6.46. The lowest BCUT2D eigenvalue weighted by molar-refractivity contribution is -0.117. The topological polar surface area (TPSA) is 92.8 Å². The van der Waals surface area contributed by atoms with E-state index >= 15 is 0 Å². The second kappa shape index (κ2) is 6.65. The molecule has 21 heavy (non-hydrogen) atoms. The first kappa shape index (κ1) is 14.7. The maximum atomic E-state index is 11.9. The molecule has 0 aliphatic heterocycles. The van der Waals surface area contributed by atoms with Crippen LogP contribution in [0.3, 0.4) is 0 Å². The molecule has 1 aromatic carbocycles. The Kier molecular flexibility index (Phi) is 4.65. The number of benzene rings is 1. The van der Waals surface area contributed by atoms with E-state index in [2.05, 4.69) is 25.9 Å². The highest BCUT2D eigenvalue weighted by atomic mass is 16.5. The number of aryl methyl sites for hydroxylation is 1. The van der Waals surface area contributed by atoms with E-state index in [1.165, 1.54) is 6.08 Å². The van der Waals surface area contributed by atoms with Crippen molar-refractivity contribution in [3.8, 4) is 5.75 Å². The van der Waals surface area contributed by atoms with Gasteiger partial charge in [-0.05, 0) is 32.1 Å². The molecule has 7 nitrogen and oxygen atoms in total. The Balaban J connectivity index is 2.04. The van der Waals surface area contributed by atoms with Gasteiger partial charge >= 0.3 is 0 Å². The quantitative estimate of drug-likeness (QED) is 0.811. The van der Waals surface area contributed by atoms with Crippen molar-refractivity contribution in [2.45, 2.75) is 19.9 Å². The summed E-state index contributed by atoms with van der Waals surface area (Å²) >= 11 is 0. The number of H-pyrrole nitrogens is 1.